The Bertz CT molecular complexity index is 613. The Morgan fingerprint density at radius 1 is 1.16 bits per heavy atom. The van der Waals surface area contributed by atoms with Crippen molar-refractivity contribution >= 4 is 51.5 Å². The Kier molecular flexibility index (Phi) is 9.45. The normalized spacial score (nSPS) is 12.8. The summed E-state index contributed by atoms with van der Waals surface area (Å²) in [4.78, 5) is 29.2. The lowest BCUT2D eigenvalue weighted by Gasteiger charge is -2.23. The van der Waals surface area contributed by atoms with E-state index in [-0.39, 0.29) is 6.61 Å². The average molecular weight is 402 g/mol. The van der Waals surface area contributed by atoms with Gasteiger partial charge in [0.25, 0.3) is 5.91 Å². The molecular formula is C17H23NO4S3. The van der Waals surface area contributed by atoms with Crippen LogP contribution < -0.4 is 4.74 Å². The zero-order valence-corrected chi connectivity index (χ0v) is 17.5. The Hall–Kier alpha value is -1.12. The van der Waals surface area contributed by atoms with Crippen LogP contribution in [0, 0.1) is 0 Å². The molecule has 1 amide bonds. The third-order valence-corrected chi connectivity index (χ3v) is 6.58. The molecule has 0 aliphatic heterocycles. The molecule has 0 fully saturated rings. The number of aliphatic imine (C=N–C) groups is 1. The first-order valence-electron chi connectivity index (χ1n) is 7.56. The van der Waals surface area contributed by atoms with Crippen molar-refractivity contribution in [3.63, 3.8) is 0 Å². The molecule has 25 heavy (non-hydrogen) atoms. The van der Waals surface area contributed by atoms with Crippen LogP contribution in [0.15, 0.2) is 29.3 Å². The summed E-state index contributed by atoms with van der Waals surface area (Å²) >= 11 is 3.97. The number of benzene rings is 1. The highest BCUT2D eigenvalue weighted by Gasteiger charge is 2.43. The van der Waals surface area contributed by atoms with E-state index in [9.17, 15) is 9.59 Å². The molecule has 5 nitrogen and oxygen atoms in total. The van der Waals surface area contributed by atoms with E-state index in [1.54, 1.807) is 21.0 Å². The highest BCUT2D eigenvalue weighted by molar-refractivity contribution is 8.38. The monoisotopic (exact) mass is 401 g/mol. The topological polar surface area (TPSA) is 65.0 Å². The fraction of sp³-hybridized carbons (Fsp3) is 0.471. The summed E-state index contributed by atoms with van der Waals surface area (Å²) in [5.41, 5.74) is 0.980. The van der Waals surface area contributed by atoms with E-state index >= 15 is 0 Å². The molecule has 0 spiro atoms. The van der Waals surface area contributed by atoms with E-state index in [2.05, 4.69) is 4.99 Å². The zero-order valence-electron chi connectivity index (χ0n) is 15.0. The number of hydrogen-bond acceptors (Lipinski definition) is 7. The molecule has 0 saturated carbocycles. The molecule has 0 saturated heterocycles. The van der Waals surface area contributed by atoms with E-state index in [1.165, 1.54) is 35.3 Å². The van der Waals surface area contributed by atoms with E-state index in [4.69, 9.17) is 9.47 Å². The van der Waals surface area contributed by atoms with E-state index in [1.807, 2.05) is 36.8 Å². The molecule has 1 rings (SSSR count). The van der Waals surface area contributed by atoms with Crippen molar-refractivity contribution in [3.8, 4) is 5.75 Å². The highest BCUT2D eigenvalue weighted by atomic mass is 32.2. The van der Waals surface area contributed by atoms with Gasteiger partial charge >= 0.3 is 5.97 Å². The summed E-state index contributed by atoms with van der Waals surface area (Å²) < 4.78 is 9.49. The number of nitrogens with zero attached hydrogens (tertiary/aromatic N) is 1. The third-order valence-electron chi connectivity index (χ3n) is 3.30. The van der Waals surface area contributed by atoms with Crippen LogP contribution in [0.4, 0.5) is 0 Å². The maximum absolute atomic E-state index is 12.7. The number of hydrogen-bond donors (Lipinski definition) is 0. The van der Waals surface area contributed by atoms with Crippen molar-refractivity contribution < 1.29 is 19.1 Å². The molecule has 1 aromatic rings. The summed E-state index contributed by atoms with van der Waals surface area (Å²) in [5, 5.41) is 0. The summed E-state index contributed by atoms with van der Waals surface area (Å²) in [6.45, 7) is 3.51. The number of esters is 1. The fourth-order valence-electron chi connectivity index (χ4n) is 1.79. The predicted molar refractivity (Wildman–Crippen MR) is 109 cm³/mol. The molecule has 0 N–H and O–H groups in total. The summed E-state index contributed by atoms with van der Waals surface area (Å²) in [6, 6.07) is 7.50. The first kappa shape index (κ1) is 21.9. The van der Waals surface area contributed by atoms with Crippen LogP contribution >= 0.6 is 35.3 Å². The molecule has 0 radical (unpaired) electrons. The lowest BCUT2D eigenvalue weighted by atomic mass is 10.1. The molecule has 138 valence electrons. The van der Waals surface area contributed by atoms with Crippen molar-refractivity contribution in [3.05, 3.63) is 29.8 Å². The van der Waals surface area contributed by atoms with E-state index in [0.717, 1.165) is 11.3 Å². The molecule has 1 aromatic carbocycles. The van der Waals surface area contributed by atoms with Gasteiger partial charge in [-0.2, -0.15) is 4.99 Å². The molecule has 0 aliphatic carbocycles. The maximum atomic E-state index is 12.7. The largest absolute Gasteiger partial charge is 0.497 e. The highest BCUT2D eigenvalue weighted by Crippen LogP contribution is 2.32. The minimum atomic E-state index is -1.38. The van der Waals surface area contributed by atoms with Gasteiger partial charge in [-0.15, -0.1) is 35.3 Å². The first-order chi connectivity index (χ1) is 11.9. The molecule has 0 aromatic heterocycles. The minimum absolute atomic E-state index is 0.215. The Morgan fingerprint density at radius 2 is 1.76 bits per heavy atom. The molecule has 0 aliphatic rings. The Morgan fingerprint density at radius 3 is 2.24 bits per heavy atom. The number of rotatable bonds is 7. The maximum Gasteiger partial charge on any atom is 0.331 e. The van der Waals surface area contributed by atoms with Gasteiger partial charge in [-0.1, -0.05) is 12.1 Å². The van der Waals surface area contributed by atoms with Gasteiger partial charge in [-0.25, -0.2) is 4.79 Å². The quantitative estimate of drug-likeness (QED) is 0.297. The fourth-order valence-corrected chi connectivity index (χ4v) is 3.80. The van der Waals surface area contributed by atoms with Gasteiger partial charge < -0.3 is 9.47 Å². The van der Waals surface area contributed by atoms with Crippen molar-refractivity contribution in [2.75, 3.05) is 26.2 Å². The number of carbonyl (C=O) groups excluding carboxylic acids is 2. The van der Waals surface area contributed by atoms with Crippen molar-refractivity contribution in [1.82, 2.24) is 0 Å². The average Bonchev–Trinajstić information content (AvgIpc) is 2.64. The van der Waals surface area contributed by atoms with Crippen LogP contribution in [0.2, 0.25) is 0 Å². The molecule has 1 unspecified atom stereocenters. The molecule has 0 bridgehead atoms. The van der Waals surface area contributed by atoms with E-state index < -0.39 is 16.6 Å². The number of ether oxygens (including phenoxy) is 2. The van der Waals surface area contributed by atoms with Crippen LogP contribution in [-0.4, -0.2) is 47.2 Å². The summed E-state index contributed by atoms with van der Waals surface area (Å²) in [7, 11) is 1.60. The molecule has 0 heterocycles. The van der Waals surface area contributed by atoms with Crippen LogP contribution in [0.5, 0.6) is 5.75 Å². The predicted octanol–water partition coefficient (Wildman–Crippen LogP) is 3.86. The second kappa shape index (κ2) is 10.8. The standard InChI is InChI=1S/C17H23NO4S3/c1-6-22-15(20)17(2,14(19)18-16(23-4)24-5)25-11-12-7-9-13(21-3)10-8-12/h7-10H,6,11H2,1-5H3. The van der Waals surface area contributed by atoms with Crippen molar-refractivity contribution in [2.24, 2.45) is 4.99 Å². The molecular weight excluding hydrogens is 378 g/mol. The van der Waals surface area contributed by atoms with Gasteiger partial charge in [-0.3, -0.25) is 4.79 Å². The molecule has 8 heteroatoms. The SMILES string of the molecule is CCOC(=O)C(C)(SCc1ccc(OC)cc1)C(=O)N=C(SC)SC. The smallest absolute Gasteiger partial charge is 0.331 e. The second-order valence-corrected chi connectivity index (χ2v) is 8.22. The molecule has 1 atom stereocenters. The van der Waals surface area contributed by atoms with Crippen LogP contribution in [-0.2, 0) is 20.1 Å². The second-order valence-electron chi connectivity index (χ2n) is 4.98. The van der Waals surface area contributed by atoms with Crippen LogP contribution in [0.3, 0.4) is 0 Å². The van der Waals surface area contributed by atoms with E-state index in [0.29, 0.717) is 10.1 Å². The van der Waals surface area contributed by atoms with Crippen LogP contribution in [0.25, 0.3) is 0 Å². The summed E-state index contributed by atoms with van der Waals surface area (Å²) in [6.07, 6.45) is 3.68. The van der Waals surface area contributed by atoms with Crippen molar-refractivity contribution in [1.29, 1.82) is 0 Å². The Balaban J connectivity index is 2.99. The van der Waals surface area contributed by atoms with Crippen LogP contribution in [0.1, 0.15) is 19.4 Å². The van der Waals surface area contributed by atoms with Gasteiger partial charge in [-0.05, 0) is 44.1 Å². The number of methoxy groups -OCH3 is 1. The number of thioether (sulfide) groups is 3. The van der Waals surface area contributed by atoms with Gasteiger partial charge in [0.15, 0.2) is 4.75 Å². The lowest BCUT2D eigenvalue weighted by Crippen LogP contribution is -2.41. The van der Waals surface area contributed by atoms with Gasteiger partial charge in [0, 0.05) is 5.75 Å². The van der Waals surface area contributed by atoms with Gasteiger partial charge in [0.1, 0.15) is 10.1 Å². The zero-order chi connectivity index (χ0) is 18.9. The minimum Gasteiger partial charge on any atom is -0.497 e. The van der Waals surface area contributed by atoms with Crippen molar-refractivity contribution in [2.45, 2.75) is 24.3 Å². The Labute approximate surface area is 161 Å². The first-order valence-corrected chi connectivity index (χ1v) is 11.0. The van der Waals surface area contributed by atoms with Gasteiger partial charge in [0.2, 0.25) is 0 Å². The number of carbonyl (C=O) groups is 2. The lowest BCUT2D eigenvalue weighted by molar-refractivity contribution is -0.148. The summed E-state index contributed by atoms with van der Waals surface area (Å²) in [5.74, 6) is 0.174. The number of amides is 1. The third kappa shape index (κ3) is 6.27. The van der Waals surface area contributed by atoms with Gasteiger partial charge in [0.05, 0.1) is 13.7 Å².